The monoisotopic (exact) mass is 221 g/mol. The Labute approximate surface area is 95.8 Å². The number of amides is 1. The van der Waals surface area contributed by atoms with E-state index in [0.717, 1.165) is 19.4 Å². The van der Waals surface area contributed by atoms with Gasteiger partial charge in [-0.25, -0.2) is 0 Å². The molecule has 1 aromatic rings. The number of aromatic amines is 1. The lowest BCUT2D eigenvalue weighted by molar-refractivity contribution is 0.0578. The van der Waals surface area contributed by atoms with Gasteiger partial charge in [-0.1, -0.05) is 0 Å². The molecule has 1 amide bonds. The van der Waals surface area contributed by atoms with Crippen molar-refractivity contribution < 1.29 is 4.79 Å². The summed E-state index contributed by atoms with van der Waals surface area (Å²) in [6, 6.07) is 3.89. The van der Waals surface area contributed by atoms with Gasteiger partial charge in [0, 0.05) is 24.8 Å². The molecule has 16 heavy (non-hydrogen) atoms. The third-order valence-electron chi connectivity index (χ3n) is 3.25. The third kappa shape index (κ3) is 2.11. The summed E-state index contributed by atoms with van der Waals surface area (Å²) < 4.78 is 0. The molecule has 0 spiro atoms. The summed E-state index contributed by atoms with van der Waals surface area (Å²) in [6.07, 6.45) is 5.04. The van der Waals surface area contributed by atoms with Crippen molar-refractivity contribution >= 4 is 5.91 Å². The van der Waals surface area contributed by atoms with Crippen molar-refractivity contribution in [2.45, 2.75) is 38.3 Å². The van der Waals surface area contributed by atoms with Crippen LogP contribution in [0.15, 0.2) is 18.3 Å². The number of H-pyrrole nitrogens is 1. The van der Waals surface area contributed by atoms with Crippen LogP contribution in [-0.2, 0) is 0 Å². The number of hydrogen-bond donors (Lipinski definition) is 2. The van der Waals surface area contributed by atoms with Crippen LogP contribution in [-0.4, -0.2) is 34.4 Å². The molecule has 0 bridgehead atoms. The zero-order valence-electron chi connectivity index (χ0n) is 9.65. The first-order valence-electron chi connectivity index (χ1n) is 5.90. The van der Waals surface area contributed by atoms with E-state index < -0.39 is 0 Å². The largest absolute Gasteiger partial charge is 0.357 e. The Morgan fingerprint density at radius 1 is 1.62 bits per heavy atom. The topological polar surface area (TPSA) is 62.1 Å². The number of hydrogen-bond acceptors (Lipinski definition) is 2. The Balaban J connectivity index is 2.14. The van der Waals surface area contributed by atoms with Crippen LogP contribution in [0, 0.1) is 0 Å². The van der Waals surface area contributed by atoms with E-state index in [0.29, 0.717) is 5.69 Å². The molecule has 0 aliphatic carbocycles. The van der Waals surface area contributed by atoms with E-state index in [-0.39, 0.29) is 18.0 Å². The molecule has 2 atom stereocenters. The maximum atomic E-state index is 12.2. The van der Waals surface area contributed by atoms with Crippen LogP contribution in [0.3, 0.4) is 0 Å². The van der Waals surface area contributed by atoms with E-state index in [4.69, 9.17) is 5.73 Å². The molecule has 0 aromatic carbocycles. The normalized spacial score (nSPS) is 23.1. The molecule has 1 aliphatic rings. The fourth-order valence-corrected chi connectivity index (χ4v) is 2.37. The predicted molar refractivity (Wildman–Crippen MR) is 63.1 cm³/mol. The van der Waals surface area contributed by atoms with Crippen molar-refractivity contribution in [1.29, 1.82) is 0 Å². The number of nitrogens with two attached hydrogens (primary N) is 1. The van der Waals surface area contributed by atoms with E-state index in [1.54, 1.807) is 6.20 Å². The molecular weight excluding hydrogens is 202 g/mol. The zero-order valence-corrected chi connectivity index (χ0v) is 9.65. The van der Waals surface area contributed by atoms with E-state index in [2.05, 4.69) is 4.98 Å². The van der Waals surface area contributed by atoms with Gasteiger partial charge in [-0.15, -0.1) is 0 Å². The standard InChI is InChI=1S/C12H19N3O/c1-9(13)11-6-2-3-8-15(11)12(16)10-5-4-7-14-10/h4-5,7,9,11,14H,2-3,6,8,13H2,1H3. The highest BCUT2D eigenvalue weighted by Crippen LogP contribution is 2.20. The molecule has 0 saturated carbocycles. The summed E-state index contributed by atoms with van der Waals surface area (Å²) in [4.78, 5) is 17.1. The lowest BCUT2D eigenvalue weighted by Gasteiger charge is -2.37. The number of likely N-dealkylation sites (tertiary alicyclic amines) is 1. The summed E-state index contributed by atoms with van der Waals surface area (Å²) in [7, 11) is 0. The van der Waals surface area contributed by atoms with Gasteiger partial charge in [0.1, 0.15) is 5.69 Å². The smallest absolute Gasteiger partial charge is 0.270 e. The van der Waals surface area contributed by atoms with Crippen molar-refractivity contribution in [3.63, 3.8) is 0 Å². The van der Waals surface area contributed by atoms with Crippen molar-refractivity contribution in [1.82, 2.24) is 9.88 Å². The summed E-state index contributed by atoms with van der Waals surface area (Å²) in [5, 5.41) is 0. The van der Waals surface area contributed by atoms with Gasteiger partial charge in [-0.2, -0.15) is 0 Å². The van der Waals surface area contributed by atoms with Crippen LogP contribution < -0.4 is 5.73 Å². The molecule has 1 fully saturated rings. The van der Waals surface area contributed by atoms with Crippen molar-refractivity contribution in [2.24, 2.45) is 5.73 Å². The molecule has 1 aliphatic heterocycles. The Hall–Kier alpha value is -1.29. The number of carbonyl (C=O) groups is 1. The second kappa shape index (κ2) is 4.70. The first kappa shape index (κ1) is 11.2. The molecule has 2 rings (SSSR count). The first-order chi connectivity index (χ1) is 7.70. The second-order valence-corrected chi connectivity index (χ2v) is 4.50. The average molecular weight is 221 g/mol. The van der Waals surface area contributed by atoms with Crippen molar-refractivity contribution in [3.05, 3.63) is 24.0 Å². The molecule has 2 unspecified atom stereocenters. The average Bonchev–Trinajstić information content (AvgIpc) is 2.81. The first-order valence-corrected chi connectivity index (χ1v) is 5.90. The van der Waals surface area contributed by atoms with Crippen LogP contribution in [0.4, 0.5) is 0 Å². The van der Waals surface area contributed by atoms with Gasteiger partial charge in [0.2, 0.25) is 0 Å². The number of aromatic nitrogens is 1. The molecule has 1 aromatic heterocycles. The number of nitrogens with one attached hydrogen (secondary N) is 1. The van der Waals surface area contributed by atoms with E-state index >= 15 is 0 Å². The van der Waals surface area contributed by atoms with Gasteiger partial charge in [0.15, 0.2) is 0 Å². The predicted octanol–water partition coefficient (Wildman–Crippen LogP) is 1.36. The van der Waals surface area contributed by atoms with Crippen LogP contribution in [0.1, 0.15) is 36.7 Å². The van der Waals surface area contributed by atoms with Gasteiger partial charge in [-0.05, 0) is 38.3 Å². The molecule has 2 heterocycles. The van der Waals surface area contributed by atoms with Crippen molar-refractivity contribution in [2.75, 3.05) is 6.54 Å². The second-order valence-electron chi connectivity index (χ2n) is 4.50. The Kier molecular flexibility index (Phi) is 3.29. The molecule has 4 heteroatoms. The molecule has 88 valence electrons. The van der Waals surface area contributed by atoms with Gasteiger partial charge >= 0.3 is 0 Å². The summed E-state index contributed by atoms with van der Waals surface area (Å²) >= 11 is 0. The number of nitrogens with zero attached hydrogens (tertiary/aromatic N) is 1. The minimum Gasteiger partial charge on any atom is -0.357 e. The van der Waals surface area contributed by atoms with Crippen LogP contribution >= 0.6 is 0 Å². The van der Waals surface area contributed by atoms with Crippen LogP contribution in [0.5, 0.6) is 0 Å². The van der Waals surface area contributed by atoms with Gasteiger partial charge in [0.05, 0.1) is 0 Å². The highest BCUT2D eigenvalue weighted by molar-refractivity contribution is 5.92. The van der Waals surface area contributed by atoms with E-state index in [1.807, 2.05) is 24.0 Å². The minimum atomic E-state index is 0.0409. The summed E-state index contributed by atoms with van der Waals surface area (Å²) in [6.45, 7) is 2.80. The quantitative estimate of drug-likeness (QED) is 0.792. The maximum Gasteiger partial charge on any atom is 0.270 e. The lowest BCUT2D eigenvalue weighted by atomic mass is 9.96. The maximum absolute atomic E-state index is 12.2. The molecule has 1 saturated heterocycles. The van der Waals surface area contributed by atoms with E-state index in [9.17, 15) is 4.79 Å². The molecular formula is C12H19N3O. The number of rotatable bonds is 2. The van der Waals surface area contributed by atoms with Gasteiger partial charge < -0.3 is 15.6 Å². The molecule has 3 N–H and O–H groups in total. The SMILES string of the molecule is CC(N)C1CCCCN1C(=O)c1ccc[nH]1. The minimum absolute atomic E-state index is 0.0409. The summed E-state index contributed by atoms with van der Waals surface area (Å²) in [5.74, 6) is 0.0759. The highest BCUT2D eigenvalue weighted by atomic mass is 16.2. The lowest BCUT2D eigenvalue weighted by Crippen LogP contribution is -2.51. The highest BCUT2D eigenvalue weighted by Gasteiger charge is 2.29. The Morgan fingerprint density at radius 2 is 2.44 bits per heavy atom. The van der Waals surface area contributed by atoms with Crippen molar-refractivity contribution in [3.8, 4) is 0 Å². The van der Waals surface area contributed by atoms with E-state index in [1.165, 1.54) is 6.42 Å². The number of carbonyl (C=O) groups excluding carboxylic acids is 1. The van der Waals surface area contributed by atoms with Gasteiger partial charge in [-0.3, -0.25) is 4.79 Å². The fraction of sp³-hybridized carbons (Fsp3) is 0.583. The Bertz CT molecular complexity index is 345. The van der Waals surface area contributed by atoms with Gasteiger partial charge in [0.25, 0.3) is 5.91 Å². The van der Waals surface area contributed by atoms with Crippen LogP contribution in [0.25, 0.3) is 0 Å². The fourth-order valence-electron chi connectivity index (χ4n) is 2.37. The number of piperidine rings is 1. The molecule has 0 radical (unpaired) electrons. The zero-order chi connectivity index (χ0) is 11.5. The summed E-state index contributed by atoms with van der Waals surface area (Å²) in [5.41, 5.74) is 6.60. The molecule has 4 nitrogen and oxygen atoms in total. The third-order valence-corrected chi connectivity index (χ3v) is 3.25. The van der Waals surface area contributed by atoms with Crippen LogP contribution in [0.2, 0.25) is 0 Å². The Morgan fingerprint density at radius 3 is 3.06 bits per heavy atom.